The number of ketones is 1. The van der Waals surface area contributed by atoms with Gasteiger partial charge in [0.1, 0.15) is 12.7 Å². The maximum Gasteiger partial charge on any atom is 0.157 e. The fourth-order valence-corrected chi connectivity index (χ4v) is 8.12. The van der Waals surface area contributed by atoms with Crippen LogP contribution >= 0.6 is 0 Å². The van der Waals surface area contributed by atoms with Gasteiger partial charge in [-0.05, 0) is 93.3 Å². The molecule has 9 atom stereocenters. The highest BCUT2D eigenvalue weighted by molar-refractivity contribution is 5.82. The highest BCUT2D eigenvalue weighted by Gasteiger charge is 2.60. The van der Waals surface area contributed by atoms with Crippen molar-refractivity contribution >= 4 is 5.78 Å². The highest BCUT2D eigenvalue weighted by atomic mass is 19.1. The number of fused-ring (bicyclic) bond motifs is 5. The molecule has 1 aromatic heterocycles. The van der Waals surface area contributed by atoms with Crippen molar-refractivity contribution in [2.24, 2.45) is 40.9 Å². The Kier molecular flexibility index (Phi) is 4.65. The maximum atomic E-state index is 15.3. The molecule has 160 valence electrons. The van der Waals surface area contributed by atoms with Gasteiger partial charge in [0.05, 0.1) is 11.8 Å². The third kappa shape index (κ3) is 3.17. The van der Waals surface area contributed by atoms with Crippen molar-refractivity contribution in [1.82, 2.24) is 15.0 Å². The van der Waals surface area contributed by atoms with Gasteiger partial charge in [-0.15, -0.1) is 5.10 Å². The molecular formula is C23H34FN3O2. The predicted octanol–water partition coefficient (Wildman–Crippen LogP) is 3.82. The molecule has 0 spiro atoms. The lowest BCUT2D eigenvalue weighted by Gasteiger charge is -2.57. The summed E-state index contributed by atoms with van der Waals surface area (Å²) in [4.78, 5) is 13.1. The van der Waals surface area contributed by atoms with Crippen LogP contribution in [0.2, 0.25) is 0 Å². The molecule has 0 unspecified atom stereocenters. The standard InChI is InChI=1S/C23H34FN3O2/c1-22(29)7-5-15-14-6-8-23(2)18(16(14)11-20(24)17(15)12-22)3-4-19(23)21(28)13-27-10-9-25-26-27/h9-10,14-20,29H,3-8,11-13H2,1-2H3/t14-,15-,16-,17+,18+,19-,20-,22-,23+/m1/s1. The van der Waals surface area contributed by atoms with Crippen molar-refractivity contribution in [2.75, 3.05) is 0 Å². The molecule has 0 aromatic carbocycles. The topological polar surface area (TPSA) is 68.0 Å². The maximum absolute atomic E-state index is 15.3. The molecule has 1 aromatic rings. The van der Waals surface area contributed by atoms with Gasteiger partial charge in [0.2, 0.25) is 0 Å². The smallest absolute Gasteiger partial charge is 0.157 e. The summed E-state index contributed by atoms with van der Waals surface area (Å²) in [6.45, 7) is 4.48. The highest BCUT2D eigenvalue weighted by Crippen LogP contribution is 2.65. The fraction of sp³-hybridized carbons (Fsp3) is 0.870. The first-order valence-corrected chi connectivity index (χ1v) is 11.5. The van der Waals surface area contributed by atoms with Gasteiger partial charge < -0.3 is 5.11 Å². The van der Waals surface area contributed by atoms with E-state index >= 15 is 4.39 Å². The van der Waals surface area contributed by atoms with Crippen LogP contribution in [0, 0.1) is 40.9 Å². The van der Waals surface area contributed by atoms with Gasteiger partial charge in [0, 0.05) is 12.1 Å². The molecule has 0 saturated heterocycles. The van der Waals surface area contributed by atoms with Crippen LogP contribution in [0.15, 0.2) is 12.4 Å². The molecule has 6 heteroatoms. The second-order valence-electron chi connectivity index (χ2n) is 11.0. The zero-order valence-corrected chi connectivity index (χ0v) is 17.6. The van der Waals surface area contributed by atoms with Crippen LogP contribution < -0.4 is 0 Å². The molecule has 5 rings (SSSR count). The molecule has 0 radical (unpaired) electrons. The van der Waals surface area contributed by atoms with E-state index in [0.717, 1.165) is 38.5 Å². The van der Waals surface area contributed by atoms with Crippen molar-refractivity contribution in [3.8, 4) is 0 Å². The van der Waals surface area contributed by atoms with Crippen LogP contribution in [0.25, 0.3) is 0 Å². The molecule has 0 bridgehead atoms. The van der Waals surface area contributed by atoms with Gasteiger partial charge in [0.15, 0.2) is 5.78 Å². The monoisotopic (exact) mass is 403 g/mol. The lowest BCUT2D eigenvalue weighted by molar-refractivity contribution is -0.139. The van der Waals surface area contributed by atoms with Crippen LogP contribution in [-0.4, -0.2) is 37.7 Å². The van der Waals surface area contributed by atoms with Gasteiger partial charge >= 0.3 is 0 Å². The molecule has 1 heterocycles. The Balaban J connectivity index is 1.35. The van der Waals surface area contributed by atoms with Gasteiger partial charge in [-0.25, -0.2) is 9.07 Å². The molecule has 29 heavy (non-hydrogen) atoms. The van der Waals surface area contributed by atoms with E-state index in [2.05, 4.69) is 17.2 Å². The summed E-state index contributed by atoms with van der Waals surface area (Å²) in [6, 6.07) is 0. The van der Waals surface area contributed by atoms with Gasteiger partial charge in [-0.2, -0.15) is 0 Å². The summed E-state index contributed by atoms with van der Waals surface area (Å²) in [5, 5.41) is 18.3. The number of alkyl halides is 1. The number of carbonyl (C=O) groups excluding carboxylic acids is 1. The van der Waals surface area contributed by atoms with E-state index in [-0.39, 0.29) is 23.0 Å². The van der Waals surface area contributed by atoms with Gasteiger partial charge in [-0.1, -0.05) is 12.1 Å². The van der Waals surface area contributed by atoms with Gasteiger partial charge in [-0.3, -0.25) is 4.79 Å². The minimum Gasteiger partial charge on any atom is -0.390 e. The summed E-state index contributed by atoms with van der Waals surface area (Å²) in [6.07, 6.45) is 9.71. The van der Waals surface area contributed by atoms with Crippen molar-refractivity contribution < 1.29 is 14.3 Å². The fourth-order valence-electron chi connectivity index (χ4n) is 8.12. The van der Waals surface area contributed by atoms with Crippen molar-refractivity contribution in [3.05, 3.63) is 12.4 Å². The lowest BCUT2D eigenvalue weighted by Crippen LogP contribution is -2.54. The summed E-state index contributed by atoms with van der Waals surface area (Å²) >= 11 is 0. The van der Waals surface area contributed by atoms with E-state index in [0.29, 0.717) is 43.1 Å². The Bertz CT molecular complexity index is 766. The quantitative estimate of drug-likeness (QED) is 0.833. The van der Waals surface area contributed by atoms with Crippen LogP contribution in [0.5, 0.6) is 0 Å². The molecule has 4 saturated carbocycles. The first kappa shape index (κ1) is 19.7. The largest absolute Gasteiger partial charge is 0.390 e. The number of Topliss-reactive ketones (excluding diaryl/α,β-unsaturated/α-hetero) is 1. The van der Waals surface area contributed by atoms with E-state index in [1.54, 1.807) is 17.1 Å². The zero-order valence-electron chi connectivity index (χ0n) is 17.6. The second kappa shape index (κ2) is 6.86. The minimum absolute atomic E-state index is 0.00838. The third-order valence-corrected chi connectivity index (χ3v) is 9.42. The number of aliphatic hydroxyl groups is 1. The first-order chi connectivity index (χ1) is 13.8. The van der Waals surface area contributed by atoms with E-state index in [1.165, 1.54) is 0 Å². The predicted molar refractivity (Wildman–Crippen MR) is 107 cm³/mol. The summed E-state index contributed by atoms with van der Waals surface area (Å²) in [5.41, 5.74) is -0.709. The zero-order chi connectivity index (χ0) is 20.4. The van der Waals surface area contributed by atoms with Crippen LogP contribution in [0.1, 0.15) is 65.2 Å². The van der Waals surface area contributed by atoms with E-state index in [4.69, 9.17) is 0 Å². The minimum atomic E-state index is -0.805. The van der Waals surface area contributed by atoms with Crippen LogP contribution in [0.3, 0.4) is 0 Å². The molecule has 4 aliphatic rings. The molecule has 1 N–H and O–H groups in total. The van der Waals surface area contributed by atoms with E-state index in [1.807, 2.05) is 6.92 Å². The van der Waals surface area contributed by atoms with Crippen molar-refractivity contribution in [1.29, 1.82) is 0 Å². The average Bonchev–Trinajstić information content (AvgIpc) is 3.28. The average molecular weight is 404 g/mol. The molecular weight excluding hydrogens is 369 g/mol. The Hall–Kier alpha value is -1.30. The number of aromatic nitrogens is 3. The summed E-state index contributed by atoms with van der Waals surface area (Å²) in [5.74, 6) is 2.18. The van der Waals surface area contributed by atoms with Crippen LogP contribution in [-0.2, 0) is 11.3 Å². The van der Waals surface area contributed by atoms with Crippen LogP contribution in [0.4, 0.5) is 4.39 Å². The lowest BCUT2D eigenvalue weighted by atomic mass is 9.48. The molecule has 4 aliphatic carbocycles. The molecule has 0 aliphatic heterocycles. The number of nitrogens with zero attached hydrogens (tertiary/aromatic N) is 3. The van der Waals surface area contributed by atoms with Gasteiger partial charge in [0.25, 0.3) is 0 Å². The number of halogens is 1. The second-order valence-corrected chi connectivity index (χ2v) is 11.0. The molecule has 4 fully saturated rings. The Labute approximate surface area is 172 Å². The third-order valence-electron chi connectivity index (χ3n) is 9.42. The number of rotatable bonds is 3. The number of carbonyl (C=O) groups is 1. The Morgan fingerprint density at radius 2 is 1.90 bits per heavy atom. The van der Waals surface area contributed by atoms with E-state index < -0.39 is 11.8 Å². The Morgan fingerprint density at radius 3 is 2.66 bits per heavy atom. The summed E-state index contributed by atoms with van der Waals surface area (Å²) in [7, 11) is 0. The molecule has 5 nitrogen and oxygen atoms in total. The Morgan fingerprint density at radius 1 is 1.14 bits per heavy atom. The van der Waals surface area contributed by atoms with Crippen molar-refractivity contribution in [3.63, 3.8) is 0 Å². The normalized spacial score (nSPS) is 49.2. The van der Waals surface area contributed by atoms with E-state index in [9.17, 15) is 9.90 Å². The SMILES string of the molecule is C[C@@]1(O)CC[C@@H]2[C@H]3CC[C@]4(C)[C@@H](C(=O)Cn5ccnn5)CC[C@H]4[C@@H]3C[C@@H](F)[C@H]2C1. The number of hydrogen-bond donors (Lipinski definition) is 1. The number of hydrogen-bond acceptors (Lipinski definition) is 4. The van der Waals surface area contributed by atoms with Crippen molar-refractivity contribution in [2.45, 2.75) is 83.5 Å². The molecule has 0 amide bonds. The summed E-state index contributed by atoms with van der Waals surface area (Å²) < 4.78 is 17.0. The first-order valence-electron chi connectivity index (χ1n) is 11.5.